The summed E-state index contributed by atoms with van der Waals surface area (Å²) in [6.45, 7) is -0.293. The molecule has 0 aromatic carbocycles. The van der Waals surface area contributed by atoms with Gasteiger partial charge in [0.05, 0.1) is 6.10 Å². The standard InChI is InChI=1S/C7H16O4/c8-3-1-6(5-10)7(11)2-4-9/h6-11H,1-5H2. The highest BCUT2D eigenvalue weighted by Crippen LogP contribution is 2.10. The number of aliphatic hydroxyl groups is 4. The molecule has 4 heteroatoms. The fourth-order valence-corrected chi connectivity index (χ4v) is 0.939. The Morgan fingerprint density at radius 1 is 0.909 bits per heavy atom. The van der Waals surface area contributed by atoms with E-state index in [0.717, 1.165) is 0 Å². The molecule has 0 bridgehead atoms. The van der Waals surface area contributed by atoms with Crippen LogP contribution in [-0.2, 0) is 0 Å². The largest absolute Gasteiger partial charge is 0.396 e. The Bertz CT molecular complexity index is 86.5. The van der Waals surface area contributed by atoms with Gasteiger partial charge >= 0.3 is 0 Å². The summed E-state index contributed by atoms with van der Waals surface area (Å²) in [6, 6.07) is 0. The topological polar surface area (TPSA) is 80.9 Å². The Morgan fingerprint density at radius 3 is 1.82 bits per heavy atom. The van der Waals surface area contributed by atoms with Gasteiger partial charge in [-0.1, -0.05) is 0 Å². The molecular weight excluding hydrogens is 148 g/mol. The molecule has 11 heavy (non-hydrogen) atoms. The van der Waals surface area contributed by atoms with Crippen molar-refractivity contribution >= 4 is 0 Å². The lowest BCUT2D eigenvalue weighted by Gasteiger charge is -2.18. The molecule has 2 atom stereocenters. The summed E-state index contributed by atoms with van der Waals surface area (Å²) in [4.78, 5) is 0. The van der Waals surface area contributed by atoms with Gasteiger partial charge in [-0.3, -0.25) is 0 Å². The average Bonchev–Trinajstić information content (AvgIpc) is 2.00. The van der Waals surface area contributed by atoms with Crippen LogP contribution in [0.15, 0.2) is 0 Å². The highest BCUT2D eigenvalue weighted by molar-refractivity contribution is 4.67. The molecule has 4 nitrogen and oxygen atoms in total. The van der Waals surface area contributed by atoms with E-state index in [9.17, 15) is 5.11 Å². The second kappa shape index (κ2) is 6.54. The van der Waals surface area contributed by atoms with Crippen LogP contribution >= 0.6 is 0 Å². The average molecular weight is 164 g/mol. The monoisotopic (exact) mass is 164 g/mol. The summed E-state index contributed by atoms with van der Waals surface area (Å²) in [7, 11) is 0. The molecule has 4 N–H and O–H groups in total. The lowest BCUT2D eigenvalue weighted by atomic mass is 9.98. The first-order valence-electron chi connectivity index (χ1n) is 3.76. The molecule has 0 saturated heterocycles. The van der Waals surface area contributed by atoms with Crippen LogP contribution in [-0.4, -0.2) is 46.4 Å². The second-order valence-electron chi connectivity index (χ2n) is 2.53. The zero-order chi connectivity index (χ0) is 8.69. The Labute approximate surface area is 66.1 Å². The van der Waals surface area contributed by atoms with E-state index in [1.807, 2.05) is 0 Å². The number of rotatable bonds is 6. The highest BCUT2D eigenvalue weighted by Gasteiger charge is 2.16. The Kier molecular flexibility index (Phi) is 6.45. The van der Waals surface area contributed by atoms with E-state index < -0.39 is 6.10 Å². The van der Waals surface area contributed by atoms with Gasteiger partial charge in [-0.25, -0.2) is 0 Å². The maximum atomic E-state index is 9.21. The van der Waals surface area contributed by atoms with Crippen molar-refractivity contribution in [2.24, 2.45) is 5.92 Å². The fourth-order valence-electron chi connectivity index (χ4n) is 0.939. The third kappa shape index (κ3) is 4.31. The van der Waals surface area contributed by atoms with Gasteiger partial charge in [0.2, 0.25) is 0 Å². The molecule has 2 unspecified atom stereocenters. The molecule has 0 aliphatic heterocycles. The van der Waals surface area contributed by atoms with Gasteiger partial charge in [-0.15, -0.1) is 0 Å². The molecule has 0 spiro atoms. The normalized spacial score (nSPS) is 16.4. The summed E-state index contributed by atoms with van der Waals surface area (Å²) in [5.74, 6) is -0.313. The van der Waals surface area contributed by atoms with E-state index in [1.165, 1.54) is 0 Å². The molecule has 0 aliphatic rings. The smallest absolute Gasteiger partial charge is 0.0613 e. The molecule has 0 rings (SSSR count). The molecule has 0 saturated carbocycles. The van der Waals surface area contributed by atoms with Crippen LogP contribution in [0, 0.1) is 5.92 Å². The van der Waals surface area contributed by atoms with E-state index in [2.05, 4.69) is 0 Å². The van der Waals surface area contributed by atoms with Crippen molar-refractivity contribution in [3.05, 3.63) is 0 Å². The van der Waals surface area contributed by atoms with Gasteiger partial charge in [0.1, 0.15) is 0 Å². The maximum absolute atomic E-state index is 9.21. The molecule has 0 radical (unpaired) electrons. The van der Waals surface area contributed by atoms with Crippen molar-refractivity contribution in [1.82, 2.24) is 0 Å². The minimum absolute atomic E-state index is 0.0479. The summed E-state index contributed by atoms with van der Waals surface area (Å²) in [5.41, 5.74) is 0. The van der Waals surface area contributed by atoms with Gasteiger partial charge in [0, 0.05) is 25.7 Å². The van der Waals surface area contributed by atoms with Crippen molar-refractivity contribution in [2.75, 3.05) is 19.8 Å². The van der Waals surface area contributed by atoms with Crippen LogP contribution in [0.25, 0.3) is 0 Å². The van der Waals surface area contributed by atoms with Crippen LogP contribution in [0.5, 0.6) is 0 Å². The van der Waals surface area contributed by atoms with Crippen LogP contribution in [0.3, 0.4) is 0 Å². The molecule has 0 aromatic rings. The quantitative estimate of drug-likeness (QED) is 0.394. The van der Waals surface area contributed by atoms with Gasteiger partial charge in [0.15, 0.2) is 0 Å². The van der Waals surface area contributed by atoms with Crippen LogP contribution < -0.4 is 0 Å². The molecule has 0 fully saturated rings. The first kappa shape index (κ1) is 10.8. The number of hydrogen-bond acceptors (Lipinski definition) is 4. The Balaban J connectivity index is 3.61. The van der Waals surface area contributed by atoms with Crippen molar-refractivity contribution in [3.8, 4) is 0 Å². The van der Waals surface area contributed by atoms with Gasteiger partial charge in [-0.05, 0) is 12.8 Å². The van der Waals surface area contributed by atoms with Crippen LogP contribution in [0.4, 0.5) is 0 Å². The second-order valence-corrected chi connectivity index (χ2v) is 2.53. The third-order valence-corrected chi connectivity index (χ3v) is 1.70. The summed E-state index contributed by atoms with van der Waals surface area (Å²) in [6.07, 6.45) is -0.0831. The first-order valence-corrected chi connectivity index (χ1v) is 3.76. The zero-order valence-corrected chi connectivity index (χ0v) is 6.48. The summed E-state index contributed by atoms with van der Waals surface area (Å²) >= 11 is 0. The van der Waals surface area contributed by atoms with Gasteiger partial charge in [0.25, 0.3) is 0 Å². The van der Waals surface area contributed by atoms with E-state index in [-0.39, 0.29) is 32.2 Å². The Morgan fingerprint density at radius 2 is 1.45 bits per heavy atom. The predicted molar refractivity (Wildman–Crippen MR) is 40.0 cm³/mol. The minimum Gasteiger partial charge on any atom is -0.396 e. The summed E-state index contributed by atoms with van der Waals surface area (Å²) < 4.78 is 0. The summed E-state index contributed by atoms with van der Waals surface area (Å²) in [5, 5.41) is 34.9. The van der Waals surface area contributed by atoms with Crippen molar-refractivity contribution < 1.29 is 20.4 Å². The van der Waals surface area contributed by atoms with Crippen molar-refractivity contribution in [1.29, 1.82) is 0 Å². The molecule has 0 amide bonds. The molecule has 0 aromatic heterocycles. The lowest BCUT2D eigenvalue weighted by molar-refractivity contribution is 0.0349. The molecule has 68 valence electrons. The third-order valence-electron chi connectivity index (χ3n) is 1.70. The fraction of sp³-hybridized carbons (Fsp3) is 1.00. The number of aliphatic hydroxyl groups excluding tert-OH is 4. The lowest BCUT2D eigenvalue weighted by Crippen LogP contribution is -2.25. The maximum Gasteiger partial charge on any atom is 0.0613 e. The zero-order valence-electron chi connectivity index (χ0n) is 6.48. The van der Waals surface area contributed by atoms with Crippen LogP contribution in [0.1, 0.15) is 12.8 Å². The first-order chi connectivity index (χ1) is 5.26. The molecule has 0 heterocycles. The minimum atomic E-state index is -0.711. The van der Waals surface area contributed by atoms with Crippen molar-refractivity contribution in [3.63, 3.8) is 0 Å². The molecule has 0 aliphatic carbocycles. The van der Waals surface area contributed by atoms with E-state index >= 15 is 0 Å². The van der Waals surface area contributed by atoms with E-state index in [4.69, 9.17) is 15.3 Å². The van der Waals surface area contributed by atoms with E-state index in [1.54, 1.807) is 0 Å². The van der Waals surface area contributed by atoms with Crippen LogP contribution in [0.2, 0.25) is 0 Å². The predicted octanol–water partition coefficient (Wildman–Crippen LogP) is -1.28. The molecular formula is C7H16O4. The Hall–Kier alpha value is -0.160. The highest BCUT2D eigenvalue weighted by atomic mass is 16.3. The van der Waals surface area contributed by atoms with Gasteiger partial charge < -0.3 is 20.4 Å². The van der Waals surface area contributed by atoms with Gasteiger partial charge in [-0.2, -0.15) is 0 Å². The van der Waals surface area contributed by atoms with Crippen molar-refractivity contribution in [2.45, 2.75) is 18.9 Å². The van der Waals surface area contributed by atoms with E-state index in [0.29, 0.717) is 6.42 Å². The SMILES string of the molecule is OCCC(O)C(CO)CCO. The number of hydrogen-bond donors (Lipinski definition) is 4.